The molecule has 0 bridgehead atoms. The number of allylic oxidation sites excluding steroid dienone is 1. The average Bonchev–Trinajstić information content (AvgIpc) is 2.34. The van der Waals surface area contributed by atoms with Crippen LogP contribution in [0.1, 0.15) is 24.5 Å². The molecule has 0 aliphatic heterocycles. The highest BCUT2D eigenvalue weighted by Gasteiger charge is 2.18. The number of carboxylic acids is 1. The molecule has 1 N–H and O–H groups in total. The molecule has 1 aromatic carbocycles. The van der Waals surface area contributed by atoms with Gasteiger partial charge in [0, 0.05) is 0 Å². The Morgan fingerprint density at radius 3 is 2.39 bits per heavy atom. The maximum atomic E-state index is 11.6. The van der Waals surface area contributed by atoms with Gasteiger partial charge in [-0.1, -0.05) is 24.3 Å². The van der Waals surface area contributed by atoms with E-state index >= 15 is 0 Å². The first-order chi connectivity index (χ1) is 8.47. The van der Waals surface area contributed by atoms with Gasteiger partial charge in [-0.2, -0.15) is 0 Å². The lowest BCUT2D eigenvalue weighted by Crippen LogP contribution is -2.11. The summed E-state index contributed by atoms with van der Waals surface area (Å²) in [5.41, 5.74) is 2.67. The van der Waals surface area contributed by atoms with E-state index < -0.39 is 11.9 Å². The highest BCUT2D eigenvalue weighted by Crippen LogP contribution is 2.24. The molecule has 0 radical (unpaired) electrons. The summed E-state index contributed by atoms with van der Waals surface area (Å²) in [6.45, 7) is 3.64. The van der Waals surface area contributed by atoms with Crippen LogP contribution in [-0.4, -0.2) is 24.2 Å². The number of ether oxygens (including phenoxy) is 1. The minimum atomic E-state index is -1.05. The van der Waals surface area contributed by atoms with Crippen LogP contribution in [0.25, 0.3) is 5.57 Å². The molecular formula is C14H16O4. The number of methoxy groups -OCH3 is 1. The van der Waals surface area contributed by atoms with Gasteiger partial charge in [-0.3, -0.25) is 4.79 Å². The molecule has 0 aliphatic carbocycles. The monoisotopic (exact) mass is 248 g/mol. The third kappa shape index (κ3) is 3.20. The summed E-state index contributed by atoms with van der Waals surface area (Å²) in [5.74, 6) is -1.65. The predicted molar refractivity (Wildman–Crippen MR) is 68.0 cm³/mol. The molecule has 0 spiro atoms. The Bertz CT molecular complexity index is 500. The van der Waals surface area contributed by atoms with Crippen molar-refractivity contribution in [2.45, 2.75) is 20.3 Å². The summed E-state index contributed by atoms with van der Waals surface area (Å²) in [7, 11) is 1.25. The molecule has 4 nitrogen and oxygen atoms in total. The predicted octanol–water partition coefficient (Wildman–Crippen LogP) is 2.42. The van der Waals surface area contributed by atoms with Crippen LogP contribution in [0.2, 0.25) is 0 Å². The highest BCUT2D eigenvalue weighted by atomic mass is 16.5. The summed E-state index contributed by atoms with van der Waals surface area (Å²) >= 11 is 0. The standard InChI is InChI=1S/C14H16O4/c1-9-6-4-5-7-11(9)10(2)12(8-13(15)16)14(17)18-3/h4-7H,8H2,1-3H3,(H,15,16)/b12-10+. The van der Waals surface area contributed by atoms with E-state index in [0.29, 0.717) is 5.57 Å². The fourth-order valence-electron chi connectivity index (χ4n) is 1.79. The molecule has 1 rings (SSSR count). The lowest BCUT2D eigenvalue weighted by molar-refractivity contribution is -0.141. The molecule has 0 aromatic heterocycles. The van der Waals surface area contributed by atoms with Crippen LogP contribution in [0.5, 0.6) is 0 Å². The molecule has 0 heterocycles. The van der Waals surface area contributed by atoms with Gasteiger partial charge in [0.05, 0.1) is 19.1 Å². The average molecular weight is 248 g/mol. The van der Waals surface area contributed by atoms with Gasteiger partial charge in [0.1, 0.15) is 0 Å². The maximum Gasteiger partial charge on any atom is 0.334 e. The van der Waals surface area contributed by atoms with E-state index in [2.05, 4.69) is 4.74 Å². The molecule has 0 saturated heterocycles. The Kier molecular flexibility index (Phi) is 4.66. The van der Waals surface area contributed by atoms with Gasteiger partial charge >= 0.3 is 11.9 Å². The number of aliphatic carboxylic acids is 1. The molecule has 0 saturated carbocycles. The second-order valence-corrected chi connectivity index (χ2v) is 3.98. The molecule has 0 fully saturated rings. The van der Waals surface area contributed by atoms with Gasteiger partial charge < -0.3 is 9.84 Å². The lowest BCUT2D eigenvalue weighted by atomic mass is 9.96. The molecule has 1 aromatic rings. The van der Waals surface area contributed by atoms with Gasteiger partial charge in [-0.15, -0.1) is 0 Å². The maximum absolute atomic E-state index is 11.6. The van der Waals surface area contributed by atoms with Crippen LogP contribution in [0.4, 0.5) is 0 Å². The van der Waals surface area contributed by atoms with Crippen molar-refractivity contribution in [3.63, 3.8) is 0 Å². The van der Waals surface area contributed by atoms with Crippen LogP contribution in [0.3, 0.4) is 0 Å². The Morgan fingerprint density at radius 2 is 1.89 bits per heavy atom. The Hall–Kier alpha value is -2.10. The molecule has 4 heteroatoms. The first-order valence-corrected chi connectivity index (χ1v) is 5.53. The van der Waals surface area contributed by atoms with E-state index in [0.717, 1.165) is 11.1 Å². The number of aryl methyl sites for hydroxylation is 1. The van der Waals surface area contributed by atoms with Gasteiger partial charge in [0.15, 0.2) is 0 Å². The normalized spacial score (nSPS) is 11.7. The van der Waals surface area contributed by atoms with Gasteiger partial charge in [-0.05, 0) is 30.5 Å². The van der Waals surface area contributed by atoms with Crippen LogP contribution in [-0.2, 0) is 14.3 Å². The second kappa shape index (κ2) is 6.00. The smallest absolute Gasteiger partial charge is 0.334 e. The lowest BCUT2D eigenvalue weighted by Gasteiger charge is -2.11. The number of hydrogen-bond donors (Lipinski definition) is 1. The van der Waals surface area contributed by atoms with Crippen LogP contribution in [0, 0.1) is 6.92 Å². The summed E-state index contributed by atoms with van der Waals surface area (Å²) in [6.07, 6.45) is -0.340. The molecule has 0 aliphatic rings. The van der Waals surface area contributed by atoms with Crippen molar-refractivity contribution in [3.05, 3.63) is 41.0 Å². The third-order valence-corrected chi connectivity index (χ3v) is 2.76. The minimum Gasteiger partial charge on any atom is -0.481 e. The number of rotatable bonds is 4. The number of carbonyl (C=O) groups is 2. The summed E-state index contributed by atoms with van der Waals surface area (Å²) in [4.78, 5) is 22.4. The van der Waals surface area contributed by atoms with Crippen molar-refractivity contribution in [2.24, 2.45) is 0 Å². The summed E-state index contributed by atoms with van der Waals surface area (Å²) in [5, 5.41) is 8.85. The van der Waals surface area contributed by atoms with E-state index in [-0.39, 0.29) is 12.0 Å². The van der Waals surface area contributed by atoms with E-state index in [1.54, 1.807) is 6.92 Å². The fraction of sp³-hybridized carbons (Fsp3) is 0.286. The van der Waals surface area contributed by atoms with Crippen molar-refractivity contribution in [1.29, 1.82) is 0 Å². The third-order valence-electron chi connectivity index (χ3n) is 2.76. The van der Waals surface area contributed by atoms with Gasteiger partial charge in [0.25, 0.3) is 0 Å². The topological polar surface area (TPSA) is 63.6 Å². The fourth-order valence-corrected chi connectivity index (χ4v) is 1.79. The van der Waals surface area contributed by atoms with E-state index in [9.17, 15) is 9.59 Å². The molecule has 0 atom stereocenters. The quantitative estimate of drug-likeness (QED) is 0.656. The molecule has 0 unspecified atom stereocenters. The van der Waals surface area contributed by atoms with Crippen LogP contribution >= 0.6 is 0 Å². The number of carbonyl (C=O) groups excluding carboxylic acids is 1. The van der Waals surface area contributed by atoms with E-state index in [1.807, 2.05) is 31.2 Å². The summed E-state index contributed by atoms with van der Waals surface area (Å²) in [6, 6.07) is 7.51. The zero-order valence-electron chi connectivity index (χ0n) is 10.7. The van der Waals surface area contributed by atoms with Gasteiger partial charge in [-0.25, -0.2) is 4.79 Å². The molecule has 96 valence electrons. The van der Waals surface area contributed by atoms with Crippen molar-refractivity contribution >= 4 is 17.5 Å². The van der Waals surface area contributed by atoms with Crippen molar-refractivity contribution in [3.8, 4) is 0 Å². The number of hydrogen-bond acceptors (Lipinski definition) is 3. The Balaban J connectivity index is 3.31. The minimum absolute atomic E-state index is 0.180. The van der Waals surface area contributed by atoms with Crippen molar-refractivity contribution in [1.82, 2.24) is 0 Å². The number of esters is 1. The van der Waals surface area contributed by atoms with Gasteiger partial charge in [0.2, 0.25) is 0 Å². The Labute approximate surface area is 106 Å². The molecule has 18 heavy (non-hydrogen) atoms. The van der Waals surface area contributed by atoms with E-state index in [1.165, 1.54) is 7.11 Å². The summed E-state index contributed by atoms with van der Waals surface area (Å²) < 4.78 is 4.64. The highest BCUT2D eigenvalue weighted by molar-refractivity contribution is 6.01. The van der Waals surface area contributed by atoms with E-state index in [4.69, 9.17) is 5.11 Å². The molecule has 0 amide bonds. The van der Waals surface area contributed by atoms with Crippen LogP contribution < -0.4 is 0 Å². The first kappa shape index (κ1) is 14.0. The Morgan fingerprint density at radius 1 is 1.28 bits per heavy atom. The number of carboxylic acid groups (broad SMARTS) is 1. The van der Waals surface area contributed by atoms with Crippen molar-refractivity contribution < 1.29 is 19.4 Å². The second-order valence-electron chi connectivity index (χ2n) is 3.98. The zero-order valence-corrected chi connectivity index (χ0v) is 10.7. The molecular weight excluding hydrogens is 232 g/mol. The number of benzene rings is 1. The van der Waals surface area contributed by atoms with Crippen LogP contribution in [0.15, 0.2) is 29.8 Å². The van der Waals surface area contributed by atoms with Crippen molar-refractivity contribution in [2.75, 3.05) is 7.11 Å². The zero-order chi connectivity index (χ0) is 13.7. The first-order valence-electron chi connectivity index (χ1n) is 5.53. The largest absolute Gasteiger partial charge is 0.481 e. The SMILES string of the molecule is COC(=O)/C(CC(=O)O)=C(\C)c1ccccc1C.